The molecule has 1 unspecified atom stereocenters. The van der Waals surface area contributed by atoms with Gasteiger partial charge in [0.2, 0.25) is 0 Å². The molecule has 0 aliphatic heterocycles. The Labute approximate surface area is 64.4 Å². The fraction of sp³-hybridized carbons (Fsp3) is 0.143. The molecule has 1 rings (SSSR count). The Bertz CT molecular complexity index is 225. The maximum Gasteiger partial charge on any atom is 0.0477 e. The van der Waals surface area contributed by atoms with Gasteiger partial charge in [0.1, 0.15) is 0 Å². The quantitative estimate of drug-likeness (QED) is 0.713. The molecule has 2 N–H and O–H groups in total. The van der Waals surface area contributed by atoms with Gasteiger partial charge in [-0.05, 0) is 11.6 Å². The van der Waals surface area contributed by atoms with E-state index in [0.29, 0.717) is 0 Å². The standard InChI is InChI=1S/C7H8BrN/c8-7-4-2-1-3-6(7)5-9/h1-4H,5,9H2/i5D. The average molecular weight is 187 g/mol. The van der Waals surface area contributed by atoms with Gasteiger partial charge in [-0.2, -0.15) is 0 Å². The molecule has 48 valence electrons. The molecule has 0 bridgehead atoms. The largest absolute Gasteiger partial charge is 0.326 e. The van der Waals surface area contributed by atoms with Gasteiger partial charge in [-0.1, -0.05) is 34.1 Å². The number of nitrogens with two attached hydrogens (primary N) is 1. The molecule has 9 heavy (non-hydrogen) atoms. The highest BCUT2D eigenvalue weighted by atomic mass is 79.9. The first-order valence-electron chi connectivity index (χ1n) is 3.22. The SMILES string of the molecule is [2H]C(N)c1ccccc1Br. The summed E-state index contributed by atoms with van der Waals surface area (Å²) in [5, 5.41) is 0. The highest BCUT2D eigenvalue weighted by Gasteiger charge is 1.91. The first kappa shape index (κ1) is 5.45. The molecule has 0 spiro atoms. The van der Waals surface area contributed by atoms with Gasteiger partial charge in [-0.25, -0.2) is 0 Å². The van der Waals surface area contributed by atoms with Crippen molar-refractivity contribution in [3.63, 3.8) is 0 Å². The van der Waals surface area contributed by atoms with E-state index in [2.05, 4.69) is 15.9 Å². The minimum atomic E-state index is -0.643. The normalized spacial score (nSPS) is 14.7. The fourth-order valence-corrected chi connectivity index (χ4v) is 1.03. The van der Waals surface area contributed by atoms with Crippen LogP contribution in [-0.4, -0.2) is 0 Å². The summed E-state index contributed by atoms with van der Waals surface area (Å²) in [4.78, 5) is 0. The molecular formula is C7H8BrN. The lowest BCUT2D eigenvalue weighted by Gasteiger charge is -1.96. The van der Waals surface area contributed by atoms with Crippen LogP contribution in [0, 0.1) is 0 Å². The second-order valence-electron chi connectivity index (χ2n) is 1.69. The first-order chi connectivity index (χ1) is 4.72. The van der Waals surface area contributed by atoms with Crippen LogP contribution in [0.4, 0.5) is 0 Å². The molecule has 0 saturated heterocycles. The summed E-state index contributed by atoms with van der Waals surface area (Å²) >= 11 is 3.30. The lowest BCUT2D eigenvalue weighted by molar-refractivity contribution is 1.06. The van der Waals surface area contributed by atoms with E-state index in [0.717, 1.165) is 10.0 Å². The minimum absolute atomic E-state index is 0.643. The van der Waals surface area contributed by atoms with Crippen molar-refractivity contribution in [3.05, 3.63) is 34.3 Å². The predicted molar refractivity (Wildman–Crippen MR) is 42.0 cm³/mol. The molecule has 0 fully saturated rings. The molecule has 0 aliphatic carbocycles. The van der Waals surface area contributed by atoms with E-state index in [9.17, 15) is 0 Å². The Morgan fingerprint density at radius 1 is 1.56 bits per heavy atom. The van der Waals surface area contributed by atoms with E-state index in [4.69, 9.17) is 7.10 Å². The third kappa shape index (κ3) is 1.53. The van der Waals surface area contributed by atoms with Crippen molar-refractivity contribution in [3.8, 4) is 0 Å². The number of benzene rings is 1. The molecule has 1 aromatic carbocycles. The summed E-state index contributed by atoms with van der Waals surface area (Å²) in [5.74, 6) is 0. The monoisotopic (exact) mass is 186 g/mol. The van der Waals surface area contributed by atoms with Crippen molar-refractivity contribution in [2.45, 2.75) is 6.52 Å². The summed E-state index contributed by atoms with van der Waals surface area (Å²) in [5.41, 5.74) is 6.17. The van der Waals surface area contributed by atoms with E-state index in [1.807, 2.05) is 24.3 Å². The highest BCUT2D eigenvalue weighted by Crippen LogP contribution is 2.14. The lowest BCUT2D eigenvalue weighted by Crippen LogP contribution is -1.95. The Morgan fingerprint density at radius 3 is 2.67 bits per heavy atom. The summed E-state index contributed by atoms with van der Waals surface area (Å²) in [6.07, 6.45) is 0. The maximum absolute atomic E-state index is 7.21. The molecule has 0 heterocycles. The van der Waals surface area contributed by atoms with Gasteiger partial charge in [0.05, 0.1) is 0 Å². The van der Waals surface area contributed by atoms with Crippen LogP contribution >= 0.6 is 15.9 Å². The van der Waals surface area contributed by atoms with Gasteiger partial charge in [0.15, 0.2) is 0 Å². The van der Waals surface area contributed by atoms with Crippen LogP contribution < -0.4 is 5.73 Å². The van der Waals surface area contributed by atoms with Crippen LogP contribution in [0.2, 0.25) is 0 Å². The molecule has 1 nitrogen and oxygen atoms in total. The molecule has 0 radical (unpaired) electrons. The zero-order chi connectivity index (χ0) is 7.56. The van der Waals surface area contributed by atoms with Gasteiger partial charge >= 0.3 is 0 Å². The number of halogens is 1. The molecular weight excluding hydrogens is 178 g/mol. The van der Waals surface area contributed by atoms with Gasteiger partial charge in [0, 0.05) is 12.4 Å². The average Bonchev–Trinajstić information content (AvgIpc) is 1.88. The van der Waals surface area contributed by atoms with Gasteiger partial charge in [0.25, 0.3) is 0 Å². The van der Waals surface area contributed by atoms with E-state index in [-0.39, 0.29) is 0 Å². The van der Waals surface area contributed by atoms with Crippen LogP contribution in [0.25, 0.3) is 0 Å². The van der Waals surface area contributed by atoms with Gasteiger partial charge < -0.3 is 5.73 Å². The van der Waals surface area contributed by atoms with E-state index in [1.54, 1.807) is 0 Å². The van der Waals surface area contributed by atoms with Gasteiger partial charge in [-0.3, -0.25) is 0 Å². The summed E-state index contributed by atoms with van der Waals surface area (Å²) < 4.78 is 8.11. The Balaban J connectivity index is 3.03. The number of hydrogen-bond donors (Lipinski definition) is 1. The molecule has 2 heteroatoms. The van der Waals surface area contributed by atoms with Crippen LogP contribution in [0.1, 0.15) is 6.93 Å². The van der Waals surface area contributed by atoms with E-state index < -0.39 is 6.52 Å². The second-order valence-corrected chi connectivity index (χ2v) is 2.54. The summed E-state index contributed by atoms with van der Waals surface area (Å²) in [6, 6.07) is 7.48. The Morgan fingerprint density at radius 2 is 2.22 bits per heavy atom. The number of hydrogen-bond acceptors (Lipinski definition) is 1. The first-order valence-corrected chi connectivity index (χ1v) is 3.43. The van der Waals surface area contributed by atoms with Crippen LogP contribution in [0.5, 0.6) is 0 Å². The lowest BCUT2D eigenvalue weighted by atomic mass is 10.2. The van der Waals surface area contributed by atoms with Crippen LogP contribution in [0.3, 0.4) is 0 Å². The minimum Gasteiger partial charge on any atom is -0.326 e. The zero-order valence-electron chi connectivity index (χ0n) is 5.84. The fourth-order valence-electron chi connectivity index (χ4n) is 0.610. The summed E-state index contributed by atoms with van der Waals surface area (Å²) in [6.45, 7) is -0.643. The molecule has 0 amide bonds. The van der Waals surface area contributed by atoms with Crippen molar-refractivity contribution in [2.75, 3.05) is 0 Å². The van der Waals surface area contributed by atoms with Crippen LogP contribution in [-0.2, 0) is 6.52 Å². The maximum atomic E-state index is 7.21. The smallest absolute Gasteiger partial charge is 0.0477 e. The van der Waals surface area contributed by atoms with Crippen LogP contribution in [0.15, 0.2) is 28.7 Å². The zero-order valence-corrected chi connectivity index (χ0v) is 6.43. The Kier molecular flexibility index (Phi) is 1.81. The summed E-state index contributed by atoms with van der Waals surface area (Å²) in [7, 11) is 0. The number of rotatable bonds is 1. The highest BCUT2D eigenvalue weighted by molar-refractivity contribution is 9.10. The molecule has 1 atom stereocenters. The Hall–Kier alpha value is -0.340. The van der Waals surface area contributed by atoms with Crippen molar-refractivity contribution < 1.29 is 1.37 Å². The van der Waals surface area contributed by atoms with Gasteiger partial charge in [-0.15, -0.1) is 0 Å². The second kappa shape index (κ2) is 2.99. The van der Waals surface area contributed by atoms with Crippen molar-refractivity contribution in [2.24, 2.45) is 5.73 Å². The molecule has 0 aromatic heterocycles. The van der Waals surface area contributed by atoms with E-state index in [1.165, 1.54) is 0 Å². The van der Waals surface area contributed by atoms with Crippen molar-refractivity contribution in [1.82, 2.24) is 0 Å². The van der Waals surface area contributed by atoms with E-state index >= 15 is 0 Å². The van der Waals surface area contributed by atoms with Crippen molar-refractivity contribution in [1.29, 1.82) is 0 Å². The molecule has 0 saturated carbocycles. The molecule has 1 aromatic rings. The topological polar surface area (TPSA) is 26.0 Å². The molecule has 0 aliphatic rings. The predicted octanol–water partition coefficient (Wildman–Crippen LogP) is 1.91. The van der Waals surface area contributed by atoms with Crippen molar-refractivity contribution >= 4 is 15.9 Å². The third-order valence-corrected chi connectivity index (χ3v) is 1.81. The third-order valence-electron chi connectivity index (χ3n) is 1.08.